The molecule has 468 valence electrons. The Hall–Kier alpha value is -6.70. The van der Waals surface area contributed by atoms with Gasteiger partial charge >= 0.3 is 43.2 Å². The molecule has 5 amide bonds. The van der Waals surface area contributed by atoms with E-state index in [2.05, 4.69) is 25.4 Å². The van der Waals surface area contributed by atoms with Crippen LogP contribution in [-0.4, -0.2) is 163 Å². The van der Waals surface area contributed by atoms with Crippen molar-refractivity contribution in [1.29, 1.82) is 0 Å². The van der Waals surface area contributed by atoms with Crippen LogP contribution in [0.25, 0.3) is 0 Å². The van der Waals surface area contributed by atoms with Crippen LogP contribution in [0, 0.1) is 11.8 Å². The molecule has 21 nitrogen and oxygen atoms in total. The Bertz CT molecular complexity index is 2650. The maximum Gasteiger partial charge on any atom is 1.00 e. The molecule has 0 bridgehead atoms. The maximum atomic E-state index is 13.4. The molecule has 0 aromatic heterocycles. The quantitative estimate of drug-likeness (QED) is 0.0409. The third kappa shape index (κ3) is 27.3. The van der Waals surface area contributed by atoms with E-state index in [1.165, 1.54) is 26.4 Å². The second kappa shape index (κ2) is 38.5. The molecule has 22 heteroatoms. The van der Waals surface area contributed by atoms with Crippen LogP contribution < -0.4 is 45.7 Å². The van der Waals surface area contributed by atoms with Crippen LogP contribution in [0.5, 0.6) is 0 Å². The van der Waals surface area contributed by atoms with Gasteiger partial charge in [-0.2, -0.15) is 0 Å². The molecule has 4 aromatic rings. The van der Waals surface area contributed by atoms with Gasteiger partial charge in [-0.1, -0.05) is 91.0 Å². The average Bonchev–Trinajstić information content (AvgIpc) is 3.58. The molecule has 2 unspecified atom stereocenters. The van der Waals surface area contributed by atoms with E-state index in [4.69, 9.17) is 34.2 Å². The molecule has 5 N–H and O–H groups in total. The van der Waals surface area contributed by atoms with E-state index in [-0.39, 0.29) is 81.4 Å². The maximum absolute atomic E-state index is 13.4. The summed E-state index contributed by atoms with van der Waals surface area (Å²) in [5.41, 5.74) is 8.56. The predicted molar refractivity (Wildman–Crippen MR) is 320 cm³/mol. The summed E-state index contributed by atoms with van der Waals surface area (Å²) in [7, 11) is 6.07. The number of likely N-dealkylation sites (N-methyl/N-ethyl adjacent to an activating group) is 2. The Morgan fingerprint density at radius 3 is 1.40 bits per heavy atom. The van der Waals surface area contributed by atoms with E-state index in [9.17, 15) is 33.9 Å². The van der Waals surface area contributed by atoms with Crippen molar-refractivity contribution in [3.05, 3.63) is 143 Å². The van der Waals surface area contributed by atoms with Crippen LogP contribution in [0.4, 0.5) is 19.2 Å². The van der Waals surface area contributed by atoms with E-state index < -0.39 is 47.7 Å². The van der Waals surface area contributed by atoms with Gasteiger partial charge in [0.05, 0.1) is 39.4 Å². The number of carbonyl (C=O) groups is 6. The Morgan fingerprint density at radius 1 is 0.593 bits per heavy atom. The van der Waals surface area contributed by atoms with Crippen molar-refractivity contribution in [2.75, 3.05) is 94.1 Å². The predicted octanol–water partition coefficient (Wildman–Crippen LogP) is 5.44. The van der Waals surface area contributed by atoms with Crippen molar-refractivity contribution < 1.29 is 90.6 Å². The van der Waals surface area contributed by atoms with Gasteiger partial charge in [0.1, 0.15) is 23.4 Å². The van der Waals surface area contributed by atoms with Gasteiger partial charge in [-0.3, -0.25) is 4.79 Å². The van der Waals surface area contributed by atoms with Crippen molar-refractivity contribution in [3.63, 3.8) is 0 Å². The molecule has 86 heavy (non-hydrogen) atoms. The first-order valence-electron chi connectivity index (χ1n) is 29.0. The molecule has 6 atom stereocenters. The Morgan fingerprint density at radius 2 is 1.00 bits per heavy atom. The summed E-state index contributed by atoms with van der Waals surface area (Å²) in [5, 5.41) is 19.2. The van der Waals surface area contributed by atoms with Crippen LogP contribution in [0.1, 0.15) is 135 Å². The zero-order valence-corrected chi connectivity index (χ0v) is 52.3. The fraction of sp³-hybridized carbons (Fsp3) is 0.531. The molecule has 0 radical (unpaired) electrons. The van der Waals surface area contributed by atoms with Crippen LogP contribution in [0.3, 0.4) is 0 Å². The third-order valence-electron chi connectivity index (χ3n) is 13.7. The van der Waals surface area contributed by atoms with Gasteiger partial charge in [0.2, 0.25) is 0 Å². The first-order valence-corrected chi connectivity index (χ1v) is 29.0. The van der Waals surface area contributed by atoms with Crippen molar-refractivity contribution in [3.8, 4) is 0 Å². The summed E-state index contributed by atoms with van der Waals surface area (Å²) in [6.45, 7) is 15.9. The molecule has 2 heterocycles. The van der Waals surface area contributed by atoms with Crippen molar-refractivity contribution in [2.45, 2.75) is 116 Å². The van der Waals surface area contributed by atoms with Crippen LogP contribution in [0.2, 0.25) is 0 Å². The SMILES string of the molecule is CN(C(=O)OC(C)(C)C)[C@H](CN)C[C@H]1CCCOC1.COC(=O)NCCOC(c1ccccc1)c1cccc(C(=O)NC[C@H](C[C@H]2CCCOC2)N(C)C(=O)OC(C)(C)C)c1.COC(=O)NCCOC(c1ccccc1)c1cccc(C(=O)[O-])c1.[Li+]. The zero-order valence-electron chi connectivity index (χ0n) is 52.3. The number of benzene rings is 4. The fourth-order valence-corrected chi connectivity index (χ4v) is 9.33. The second-order valence-electron chi connectivity index (χ2n) is 22.8. The van der Waals surface area contributed by atoms with Crippen LogP contribution in [0.15, 0.2) is 109 Å². The summed E-state index contributed by atoms with van der Waals surface area (Å²) >= 11 is 0. The fourth-order valence-electron chi connectivity index (χ4n) is 9.33. The number of nitrogens with two attached hydrogens (primary N) is 1. The second-order valence-corrected chi connectivity index (χ2v) is 22.8. The van der Waals surface area contributed by atoms with Gasteiger partial charge in [0.25, 0.3) is 5.91 Å². The van der Waals surface area contributed by atoms with Crippen molar-refractivity contribution in [1.82, 2.24) is 25.8 Å². The zero-order chi connectivity index (χ0) is 62.4. The van der Waals surface area contributed by atoms with E-state index in [1.54, 1.807) is 42.1 Å². The number of carboxylic acid groups (broad SMARTS) is 1. The largest absolute Gasteiger partial charge is 1.00 e. The van der Waals surface area contributed by atoms with Crippen molar-refractivity contribution >= 4 is 36.2 Å². The summed E-state index contributed by atoms with van der Waals surface area (Å²) in [5.74, 6) is -0.701. The van der Waals surface area contributed by atoms with E-state index in [0.29, 0.717) is 42.5 Å². The monoisotopic (exact) mass is 1190 g/mol. The summed E-state index contributed by atoms with van der Waals surface area (Å²) in [4.78, 5) is 75.0. The summed E-state index contributed by atoms with van der Waals surface area (Å²) in [6.07, 6.45) is 3.13. The third-order valence-corrected chi connectivity index (χ3v) is 13.7. The molecule has 0 aliphatic carbocycles. The Labute approximate surface area is 520 Å². The minimum atomic E-state index is -1.24. The number of hydrogen-bond donors (Lipinski definition) is 4. The molecule has 4 aromatic carbocycles. The number of carbonyl (C=O) groups excluding carboxylic acids is 6. The topological polar surface area (TPSA) is 268 Å². The number of aromatic carboxylic acids is 1. The van der Waals surface area contributed by atoms with Gasteiger partial charge in [-0.15, -0.1) is 0 Å². The summed E-state index contributed by atoms with van der Waals surface area (Å²) < 4.78 is 43.2. The molecule has 0 spiro atoms. The van der Waals surface area contributed by atoms with Gasteiger partial charge < -0.3 is 79.3 Å². The first-order chi connectivity index (χ1) is 40.5. The molecule has 2 aliphatic heterocycles. The molecule has 2 saturated heterocycles. The number of alkyl carbamates (subject to hydrolysis) is 2. The standard InChI is InChI=1S/C32H45N3O7.C18H19NO5.C14H28N2O3.Li/c1-32(2,3)42-31(38)35(4)27(19-23-11-10-17-40-22-23)21-34-29(36)26-15-9-14-25(20-26)28(24-12-7-6-8-13-24)41-18-16-33-30(37)39-5;1-23-18(22)19-10-11-24-16(13-6-3-2-4-7-13)14-8-5-9-15(12-14)17(20)21;1-14(2,3)19-13(17)16(4)12(9-15)8-11-6-5-7-18-10-11;/h6-9,12-15,20,23,27-28H,10-11,16-19,21-22H2,1-5H3,(H,33,37)(H,34,36);2-9,12,16H,10-11H2,1H3,(H,19,22)(H,20,21);11-12H,5-10,15H2,1-4H3;/q;;;+1/p-1/t23-,27+,28?;;11-,12+;/m1.1./s1. The van der Waals surface area contributed by atoms with Crippen molar-refractivity contribution in [2.24, 2.45) is 17.6 Å². The first kappa shape index (κ1) is 73.6. The number of nitrogens with one attached hydrogen (secondary N) is 3. The number of nitrogens with zero attached hydrogens (tertiary/aromatic N) is 2. The average molecular weight is 1190 g/mol. The number of carboxylic acids is 1. The minimum Gasteiger partial charge on any atom is -0.545 e. The molecule has 0 saturated carbocycles. The van der Waals surface area contributed by atoms with Gasteiger partial charge in [0, 0.05) is 78.3 Å². The Balaban J connectivity index is 0.000000371. The molecule has 2 fully saturated rings. The minimum absolute atomic E-state index is 0. The number of ether oxygens (including phenoxy) is 8. The number of hydrogen-bond acceptors (Lipinski definition) is 16. The van der Waals surface area contributed by atoms with Gasteiger partial charge in [-0.25, -0.2) is 19.2 Å². The van der Waals surface area contributed by atoms with Crippen LogP contribution in [-0.2, 0) is 37.9 Å². The summed E-state index contributed by atoms with van der Waals surface area (Å²) in [6, 6.07) is 32.6. The van der Waals surface area contributed by atoms with Crippen LogP contribution >= 0.6 is 0 Å². The van der Waals surface area contributed by atoms with E-state index in [0.717, 1.165) is 68.6 Å². The molecule has 6 rings (SSSR count). The molecular formula is C64H91LiN6O15. The molecular weight excluding hydrogens is 1100 g/mol. The molecule has 2 aliphatic rings. The van der Waals surface area contributed by atoms with Gasteiger partial charge in [0.15, 0.2) is 0 Å². The normalized spacial score (nSPS) is 16.1. The van der Waals surface area contributed by atoms with E-state index >= 15 is 0 Å². The van der Waals surface area contributed by atoms with E-state index in [1.807, 2.05) is 120 Å². The number of rotatable bonds is 23. The number of methoxy groups -OCH3 is 2. The van der Waals surface area contributed by atoms with Gasteiger partial charge in [-0.05, 0) is 138 Å². The smallest absolute Gasteiger partial charge is 0.545 e. The number of amides is 5. The Kier molecular flexibility index (Phi) is 32.9.